The first-order valence-electron chi connectivity index (χ1n) is 6.03. The molecular weight excluding hydrogens is 216 g/mol. The van der Waals surface area contributed by atoms with Gasteiger partial charge in [0.25, 0.3) is 5.91 Å². The summed E-state index contributed by atoms with van der Waals surface area (Å²) in [5.41, 5.74) is 6.62. The Morgan fingerprint density at radius 2 is 2.24 bits per heavy atom. The summed E-state index contributed by atoms with van der Waals surface area (Å²) in [7, 11) is 0. The summed E-state index contributed by atoms with van der Waals surface area (Å²) < 4.78 is 0. The van der Waals surface area contributed by atoms with Crippen LogP contribution in [0.15, 0.2) is 18.2 Å². The van der Waals surface area contributed by atoms with E-state index < -0.39 is 0 Å². The van der Waals surface area contributed by atoms with E-state index in [0.29, 0.717) is 17.3 Å². The van der Waals surface area contributed by atoms with Crippen LogP contribution < -0.4 is 5.73 Å². The lowest BCUT2D eigenvalue weighted by molar-refractivity contribution is 0.0744. The molecular formula is C13H18N2O2. The van der Waals surface area contributed by atoms with E-state index >= 15 is 0 Å². The van der Waals surface area contributed by atoms with E-state index in [0.717, 1.165) is 25.8 Å². The minimum absolute atomic E-state index is 0.0669. The number of nitrogens with two attached hydrogens (primary N) is 1. The second kappa shape index (κ2) is 4.65. The molecule has 1 aliphatic carbocycles. The molecule has 1 saturated carbocycles. The maximum atomic E-state index is 12.3. The van der Waals surface area contributed by atoms with Crippen LogP contribution in [0.1, 0.15) is 36.5 Å². The highest BCUT2D eigenvalue weighted by Crippen LogP contribution is 2.30. The van der Waals surface area contributed by atoms with Crippen molar-refractivity contribution in [1.29, 1.82) is 0 Å². The third-order valence-electron chi connectivity index (χ3n) is 2.98. The lowest BCUT2D eigenvalue weighted by atomic mass is 10.1. The number of amides is 1. The number of carbonyl (C=O) groups excluding carboxylic acids is 1. The molecule has 0 saturated heterocycles. The number of phenolic OH excluding ortho intramolecular Hbond substituents is 1. The normalized spacial score (nSPS) is 14.6. The summed E-state index contributed by atoms with van der Waals surface area (Å²) in [5.74, 6) is 0.0116. The van der Waals surface area contributed by atoms with Crippen LogP contribution in [0.4, 0.5) is 5.69 Å². The molecule has 1 aromatic rings. The van der Waals surface area contributed by atoms with Crippen molar-refractivity contribution in [2.24, 2.45) is 0 Å². The van der Waals surface area contributed by atoms with Crippen LogP contribution in [-0.4, -0.2) is 28.5 Å². The highest BCUT2D eigenvalue weighted by atomic mass is 16.3. The Labute approximate surface area is 101 Å². The van der Waals surface area contributed by atoms with Crippen LogP contribution in [0.2, 0.25) is 0 Å². The molecule has 2 rings (SSSR count). The largest absolute Gasteiger partial charge is 0.508 e. The molecule has 1 amide bonds. The van der Waals surface area contributed by atoms with Crippen molar-refractivity contribution in [3.63, 3.8) is 0 Å². The monoisotopic (exact) mass is 234 g/mol. The number of phenols is 1. The number of anilines is 1. The molecule has 92 valence electrons. The highest BCUT2D eigenvalue weighted by Gasteiger charge is 2.33. The van der Waals surface area contributed by atoms with Crippen molar-refractivity contribution in [1.82, 2.24) is 4.90 Å². The second-order valence-electron chi connectivity index (χ2n) is 4.50. The van der Waals surface area contributed by atoms with Gasteiger partial charge in [0.05, 0.1) is 5.56 Å². The molecule has 0 heterocycles. The predicted octanol–water partition coefficient (Wildman–Crippen LogP) is 1.99. The van der Waals surface area contributed by atoms with Gasteiger partial charge in [0.15, 0.2) is 0 Å². The zero-order chi connectivity index (χ0) is 12.4. The van der Waals surface area contributed by atoms with Crippen molar-refractivity contribution in [3.05, 3.63) is 23.8 Å². The van der Waals surface area contributed by atoms with Crippen LogP contribution in [0.25, 0.3) is 0 Å². The Morgan fingerprint density at radius 1 is 1.53 bits per heavy atom. The van der Waals surface area contributed by atoms with Gasteiger partial charge in [-0.25, -0.2) is 0 Å². The molecule has 0 radical (unpaired) electrons. The van der Waals surface area contributed by atoms with Gasteiger partial charge >= 0.3 is 0 Å². The van der Waals surface area contributed by atoms with Gasteiger partial charge in [-0.3, -0.25) is 4.79 Å². The molecule has 4 heteroatoms. The summed E-state index contributed by atoms with van der Waals surface area (Å²) in [5, 5.41) is 9.43. The van der Waals surface area contributed by atoms with E-state index in [1.807, 2.05) is 4.90 Å². The smallest absolute Gasteiger partial charge is 0.256 e. The van der Waals surface area contributed by atoms with Gasteiger partial charge in [0.1, 0.15) is 5.75 Å². The molecule has 4 nitrogen and oxygen atoms in total. The Kier molecular flexibility index (Phi) is 3.22. The average molecular weight is 234 g/mol. The first kappa shape index (κ1) is 11.8. The van der Waals surface area contributed by atoms with Crippen molar-refractivity contribution >= 4 is 11.6 Å². The fourth-order valence-electron chi connectivity index (χ4n) is 1.96. The number of carbonyl (C=O) groups is 1. The summed E-state index contributed by atoms with van der Waals surface area (Å²) in [4.78, 5) is 14.2. The van der Waals surface area contributed by atoms with Gasteiger partial charge in [-0.05, 0) is 37.5 Å². The molecule has 0 atom stereocenters. The van der Waals surface area contributed by atoms with Gasteiger partial charge in [0, 0.05) is 18.3 Å². The molecule has 0 spiro atoms. The van der Waals surface area contributed by atoms with Crippen LogP contribution in [0, 0.1) is 0 Å². The van der Waals surface area contributed by atoms with E-state index in [2.05, 4.69) is 6.92 Å². The number of nitrogens with zero attached hydrogens (tertiary/aromatic N) is 1. The van der Waals surface area contributed by atoms with Crippen LogP contribution in [-0.2, 0) is 0 Å². The van der Waals surface area contributed by atoms with Crippen molar-refractivity contribution in [3.8, 4) is 5.75 Å². The van der Waals surface area contributed by atoms with Crippen molar-refractivity contribution in [2.75, 3.05) is 12.3 Å². The summed E-state index contributed by atoms with van der Waals surface area (Å²) in [6.07, 6.45) is 3.08. The van der Waals surface area contributed by atoms with Crippen LogP contribution in [0.3, 0.4) is 0 Å². The molecule has 0 bridgehead atoms. The Bertz CT molecular complexity index is 427. The average Bonchev–Trinajstić information content (AvgIpc) is 3.12. The van der Waals surface area contributed by atoms with Crippen LogP contribution in [0.5, 0.6) is 5.75 Å². The summed E-state index contributed by atoms with van der Waals surface area (Å²) in [6.45, 7) is 2.80. The van der Waals surface area contributed by atoms with Gasteiger partial charge in [0.2, 0.25) is 0 Å². The summed E-state index contributed by atoms with van der Waals surface area (Å²) in [6, 6.07) is 4.87. The molecule has 0 aliphatic heterocycles. The van der Waals surface area contributed by atoms with Gasteiger partial charge in [-0.15, -0.1) is 0 Å². The van der Waals surface area contributed by atoms with Gasteiger partial charge in [-0.1, -0.05) is 6.92 Å². The van der Waals surface area contributed by atoms with Crippen molar-refractivity contribution < 1.29 is 9.90 Å². The molecule has 1 fully saturated rings. The number of hydrogen-bond donors (Lipinski definition) is 2. The molecule has 1 aromatic carbocycles. The lowest BCUT2D eigenvalue weighted by Gasteiger charge is -2.22. The third-order valence-corrected chi connectivity index (χ3v) is 2.98. The number of nitrogen functional groups attached to an aromatic ring is 1. The van der Waals surface area contributed by atoms with Gasteiger partial charge < -0.3 is 15.7 Å². The molecule has 3 N–H and O–H groups in total. The first-order valence-corrected chi connectivity index (χ1v) is 6.03. The molecule has 1 aliphatic rings. The van der Waals surface area contributed by atoms with Gasteiger partial charge in [-0.2, -0.15) is 0 Å². The van der Waals surface area contributed by atoms with Crippen molar-refractivity contribution in [2.45, 2.75) is 32.2 Å². The van der Waals surface area contributed by atoms with Crippen LogP contribution >= 0.6 is 0 Å². The number of hydrogen-bond acceptors (Lipinski definition) is 3. The highest BCUT2D eigenvalue weighted by molar-refractivity contribution is 5.99. The fraction of sp³-hybridized carbons (Fsp3) is 0.462. The minimum atomic E-state index is -0.0669. The SMILES string of the molecule is CCCN(C(=O)c1cc(O)ccc1N)C1CC1. The zero-order valence-corrected chi connectivity index (χ0v) is 10.0. The lowest BCUT2D eigenvalue weighted by Crippen LogP contribution is -2.34. The quantitative estimate of drug-likeness (QED) is 0.618. The van der Waals surface area contributed by atoms with E-state index in [9.17, 15) is 9.90 Å². The number of rotatable bonds is 4. The maximum absolute atomic E-state index is 12.3. The van der Waals surface area contributed by atoms with E-state index in [4.69, 9.17) is 5.73 Å². The number of aromatic hydroxyl groups is 1. The maximum Gasteiger partial charge on any atom is 0.256 e. The first-order chi connectivity index (χ1) is 8.13. The standard InChI is InChI=1S/C13H18N2O2/c1-2-7-15(9-3-4-9)13(17)11-8-10(16)5-6-12(11)14/h5-6,8-9,16H,2-4,7,14H2,1H3. The minimum Gasteiger partial charge on any atom is -0.508 e. The van der Waals surface area contributed by atoms with E-state index in [-0.39, 0.29) is 11.7 Å². The Morgan fingerprint density at radius 3 is 2.82 bits per heavy atom. The zero-order valence-electron chi connectivity index (χ0n) is 10.0. The fourth-order valence-corrected chi connectivity index (χ4v) is 1.96. The Hall–Kier alpha value is -1.71. The molecule has 0 unspecified atom stereocenters. The molecule has 17 heavy (non-hydrogen) atoms. The molecule has 0 aromatic heterocycles. The van der Waals surface area contributed by atoms with E-state index in [1.165, 1.54) is 12.1 Å². The predicted molar refractivity (Wildman–Crippen MR) is 66.9 cm³/mol. The topological polar surface area (TPSA) is 66.6 Å². The summed E-state index contributed by atoms with van der Waals surface area (Å²) >= 11 is 0. The Balaban J connectivity index is 2.24. The second-order valence-corrected chi connectivity index (χ2v) is 4.50. The third kappa shape index (κ3) is 2.52. The van der Waals surface area contributed by atoms with E-state index in [1.54, 1.807) is 6.07 Å². The number of benzene rings is 1.